The van der Waals surface area contributed by atoms with Gasteiger partial charge < -0.3 is 0 Å². The summed E-state index contributed by atoms with van der Waals surface area (Å²) in [7, 11) is 0. The maximum Gasteiger partial charge on any atom is 0.109 e. The monoisotopic (exact) mass is 165 g/mol. The van der Waals surface area contributed by atoms with Crippen molar-refractivity contribution >= 4 is 22.8 Å². The largest absolute Gasteiger partial charge is 0.276 e. The molecule has 0 bridgehead atoms. The van der Waals surface area contributed by atoms with Gasteiger partial charge in [-0.15, -0.1) is 11.8 Å². The Labute approximate surface area is 68.2 Å². The van der Waals surface area contributed by atoms with E-state index in [1.54, 1.807) is 18.0 Å². The van der Waals surface area contributed by atoms with Crippen LogP contribution in [0.15, 0.2) is 23.4 Å². The number of aromatic amines is 1. The third kappa shape index (κ3) is 1.09. The van der Waals surface area contributed by atoms with Crippen molar-refractivity contribution in [2.24, 2.45) is 0 Å². The van der Waals surface area contributed by atoms with Crippen molar-refractivity contribution in [3.05, 3.63) is 18.3 Å². The lowest BCUT2D eigenvalue weighted by Gasteiger charge is -1.92. The topological polar surface area (TPSA) is 41.6 Å². The van der Waals surface area contributed by atoms with Gasteiger partial charge in [0.25, 0.3) is 0 Å². The van der Waals surface area contributed by atoms with Gasteiger partial charge in [0.2, 0.25) is 0 Å². The third-order valence-electron chi connectivity index (χ3n) is 1.48. The van der Waals surface area contributed by atoms with E-state index in [2.05, 4.69) is 15.2 Å². The van der Waals surface area contributed by atoms with Crippen molar-refractivity contribution in [1.29, 1.82) is 0 Å². The first-order valence-corrected chi connectivity index (χ1v) is 4.47. The van der Waals surface area contributed by atoms with E-state index in [4.69, 9.17) is 0 Å². The highest BCUT2D eigenvalue weighted by atomic mass is 32.2. The van der Waals surface area contributed by atoms with Crippen molar-refractivity contribution in [2.45, 2.75) is 5.03 Å². The van der Waals surface area contributed by atoms with E-state index in [1.807, 2.05) is 18.4 Å². The Kier molecular flexibility index (Phi) is 1.54. The predicted molar refractivity (Wildman–Crippen MR) is 45.7 cm³/mol. The van der Waals surface area contributed by atoms with Crippen molar-refractivity contribution in [2.75, 3.05) is 6.26 Å². The molecule has 11 heavy (non-hydrogen) atoms. The predicted octanol–water partition coefficient (Wildman–Crippen LogP) is 1.68. The van der Waals surface area contributed by atoms with Crippen LogP contribution >= 0.6 is 11.8 Å². The summed E-state index contributed by atoms with van der Waals surface area (Å²) in [6, 6.07) is 3.96. The summed E-state index contributed by atoms with van der Waals surface area (Å²) in [5, 5.41) is 7.76. The van der Waals surface area contributed by atoms with Gasteiger partial charge >= 0.3 is 0 Å². The van der Waals surface area contributed by atoms with Crippen LogP contribution in [0.2, 0.25) is 0 Å². The van der Waals surface area contributed by atoms with Gasteiger partial charge in [0, 0.05) is 0 Å². The number of pyridine rings is 1. The van der Waals surface area contributed by atoms with Gasteiger partial charge in [-0.2, -0.15) is 5.10 Å². The molecule has 1 N–H and O–H groups in total. The number of fused-ring (bicyclic) bond motifs is 1. The van der Waals surface area contributed by atoms with Crippen LogP contribution in [0, 0.1) is 0 Å². The Bertz CT molecular complexity index is 368. The third-order valence-corrected chi connectivity index (χ3v) is 2.13. The van der Waals surface area contributed by atoms with E-state index < -0.39 is 0 Å². The molecule has 0 saturated heterocycles. The fraction of sp³-hybridized carbons (Fsp3) is 0.143. The summed E-state index contributed by atoms with van der Waals surface area (Å²) in [5.74, 6) is 0. The summed E-state index contributed by atoms with van der Waals surface area (Å²) in [5.41, 5.74) is 1.92. The second-order valence-electron chi connectivity index (χ2n) is 2.16. The summed E-state index contributed by atoms with van der Waals surface area (Å²) in [4.78, 5) is 4.32. The first-order valence-electron chi connectivity index (χ1n) is 3.24. The first-order chi connectivity index (χ1) is 5.40. The van der Waals surface area contributed by atoms with E-state index in [1.165, 1.54) is 0 Å². The van der Waals surface area contributed by atoms with Gasteiger partial charge in [-0.1, -0.05) is 0 Å². The minimum atomic E-state index is 0.928. The molecule has 56 valence electrons. The fourth-order valence-electron chi connectivity index (χ4n) is 0.926. The standard InChI is InChI=1S/C7H7N3S/c1-11-7-3-2-5-6(9-7)4-8-10-5/h2-4H,1H3,(H,8,10). The van der Waals surface area contributed by atoms with E-state index in [0.717, 1.165) is 16.1 Å². The smallest absolute Gasteiger partial charge is 0.109 e. The average Bonchev–Trinajstić information content (AvgIpc) is 2.50. The van der Waals surface area contributed by atoms with Crippen molar-refractivity contribution in [3.63, 3.8) is 0 Å². The number of hydrogen-bond acceptors (Lipinski definition) is 3. The number of H-pyrrole nitrogens is 1. The van der Waals surface area contributed by atoms with E-state index >= 15 is 0 Å². The number of thioether (sulfide) groups is 1. The maximum atomic E-state index is 4.32. The quantitative estimate of drug-likeness (QED) is 0.654. The lowest BCUT2D eigenvalue weighted by atomic mass is 10.4. The van der Waals surface area contributed by atoms with E-state index in [0.29, 0.717) is 0 Å². The second kappa shape index (κ2) is 2.54. The minimum Gasteiger partial charge on any atom is -0.276 e. The van der Waals surface area contributed by atoms with Crippen LogP contribution in [0.3, 0.4) is 0 Å². The number of aromatic nitrogens is 3. The summed E-state index contributed by atoms with van der Waals surface area (Å²) in [6.45, 7) is 0. The summed E-state index contributed by atoms with van der Waals surface area (Å²) >= 11 is 1.63. The zero-order valence-electron chi connectivity index (χ0n) is 6.03. The Balaban J connectivity index is 2.67. The molecule has 3 nitrogen and oxygen atoms in total. The van der Waals surface area contributed by atoms with Crippen LogP contribution in [0.25, 0.3) is 11.0 Å². The number of nitrogens with one attached hydrogen (secondary N) is 1. The van der Waals surface area contributed by atoms with Crippen LogP contribution in [0.1, 0.15) is 0 Å². The molecule has 4 heteroatoms. The zero-order chi connectivity index (χ0) is 7.68. The lowest BCUT2D eigenvalue weighted by molar-refractivity contribution is 1.12. The number of rotatable bonds is 1. The van der Waals surface area contributed by atoms with E-state index in [-0.39, 0.29) is 0 Å². The SMILES string of the molecule is CSc1ccc2[nH]ncc2n1. The van der Waals surface area contributed by atoms with Gasteiger partial charge in [-0.25, -0.2) is 4.98 Å². The van der Waals surface area contributed by atoms with Crippen molar-refractivity contribution in [3.8, 4) is 0 Å². The van der Waals surface area contributed by atoms with Gasteiger partial charge in [-0.05, 0) is 18.4 Å². The van der Waals surface area contributed by atoms with Crippen molar-refractivity contribution < 1.29 is 0 Å². The molecule has 0 saturated carbocycles. The average molecular weight is 165 g/mol. The summed E-state index contributed by atoms with van der Waals surface area (Å²) < 4.78 is 0. The van der Waals surface area contributed by atoms with Crippen LogP contribution in [0.4, 0.5) is 0 Å². The molecule has 0 fully saturated rings. The molecular weight excluding hydrogens is 158 g/mol. The molecule has 0 aromatic carbocycles. The zero-order valence-corrected chi connectivity index (χ0v) is 6.85. The molecule has 0 aliphatic rings. The van der Waals surface area contributed by atoms with Crippen LogP contribution in [0.5, 0.6) is 0 Å². The molecule has 2 rings (SSSR count). The molecule has 0 aliphatic carbocycles. The Hall–Kier alpha value is -1.03. The molecule has 0 amide bonds. The molecule has 0 unspecified atom stereocenters. The summed E-state index contributed by atoms with van der Waals surface area (Å²) in [6.07, 6.45) is 3.74. The molecule has 2 heterocycles. The highest BCUT2D eigenvalue weighted by Gasteiger charge is 1.96. The first kappa shape index (κ1) is 6.67. The van der Waals surface area contributed by atoms with Crippen LogP contribution < -0.4 is 0 Å². The van der Waals surface area contributed by atoms with Gasteiger partial charge in [0.1, 0.15) is 5.52 Å². The highest BCUT2D eigenvalue weighted by Crippen LogP contribution is 2.15. The Morgan fingerprint density at radius 3 is 3.18 bits per heavy atom. The number of hydrogen-bond donors (Lipinski definition) is 1. The van der Waals surface area contributed by atoms with Gasteiger partial charge in [0.05, 0.1) is 16.7 Å². The fourth-order valence-corrected chi connectivity index (χ4v) is 1.32. The van der Waals surface area contributed by atoms with E-state index in [9.17, 15) is 0 Å². The molecule has 0 aliphatic heterocycles. The van der Waals surface area contributed by atoms with Gasteiger partial charge in [-0.3, -0.25) is 5.10 Å². The molecule has 0 spiro atoms. The van der Waals surface area contributed by atoms with Gasteiger partial charge in [0.15, 0.2) is 0 Å². The molecule has 2 aromatic rings. The van der Waals surface area contributed by atoms with Crippen LogP contribution in [-0.2, 0) is 0 Å². The maximum absolute atomic E-state index is 4.32. The second-order valence-corrected chi connectivity index (χ2v) is 2.98. The Morgan fingerprint density at radius 2 is 2.36 bits per heavy atom. The lowest BCUT2D eigenvalue weighted by Crippen LogP contribution is -1.77. The normalized spacial score (nSPS) is 10.6. The highest BCUT2D eigenvalue weighted by molar-refractivity contribution is 7.98. The van der Waals surface area contributed by atoms with Crippen LogP contribution in [-0.4, -0.2) is 21.4 Å². The van der Waals surface area contributed by atoms with Crippen molar-refractivity contribution in [1.82, 2.24) is 15.2 Å². The molecule has 0 radical (unpaired) electrons. The minimum absolute atomic E-state index is 0.928. The Morgan fingerprint density at radius 1 is 1.45 bits per heavy atom. The molecule has 0 atom stereocenters. The molecule has 2 aromatic heterocycles. The molecular formula is C7H7N3S. The number of nitrogens with zero attached hydrogens (tertiary/aromatic N) is 2.